The Bertz CT molecular complexity index is 1060. The van der Waals surface area contributed by atoms with Gasteiger partial charge in [0, 0.05) is 0 Å². The Kier molecular flexibility index (Phi) is 3.62. The number of benzene rings is 3. The minimum absolute atomic E-state index is 0.493. The average molecular weight is 344 g/mol. The molecule has 2 atom stereocenters. The molecular formula is C22H16O4. The van der Waals surface area contributed by atoms with Crippen molar-refractivity contribution in [2.75, 3.05) is 0 Å². The van der Waals surface area contributed by atoms with Gasteiger partial charge in [0.05, 0.1) is 5.92 Å². The molecule has 0 aliphatic heterocycles. The molecule has 4 heteroatoms. The van der Waals surface area contributed by atoms with Crippen LogP contribution >= 0.6 is 0 Å². The molecule has 4 rings (SSSR count). The van der Waals surface area contributed by atoms with Crippen LogP contribution in [0.3, 0.4) is 0 Å². The van der Waals surface area contributed by atoms with Crippen LogP contribution in [0.15, 0.2) is 72.8 Å². The molecule has 3 aromatic rings. The average Bonchev–Trinajstić information content (AvgIpc) is 2.66. The van der Waals surface area contributed by atoms with E-state index in [1.165, 1.54) is 6.08 Å². The molecule has 26 heavy (non-hydrogen) atoms. The third kappa shape index (κ3) is 2.09. The van der Waals surface area contributed by atoms with E-state index in [1.807, 2.05) is 42.5 Å². The van der Waals surface area contributed by atoms with Crippen LogP contribution in [0, 0.1) is 5.92 Å². The highest BCUT2D eigenvalue weighted by Crippen LogP contribution is 2.47. The van der Waals surface area contributed by atoms with Crippen molar-refractivity contribution in [3.8, 4) is 0 Å². The molecule has 0 saturated carbocycles. The molecule has 2 N–H and O–H groups in total. The number of hydrogen-bond acceptors (Lipinski definition) is 2. The van der Waals surface area contributed by atoms with Gasteiger partial charge in [0.2, 0.25) is 0 Å². The molecule has 3 aromatic carbocycles. The summed E-state index contributed by atoms with van der Waals surface area (Å²) in [6.45, 7) is 0. The number of hydrogen-bond donors (Lipinski definition) is 2. The number of fused-ring (bicyclic) bond motifs is 2. The highest BCUT2D eigenvalue weighted by atomic mass is 16.4. The van der Waals surface area contributed by atoms with Crippen LogP contribution in [0.1, 0.15) is 16.7 Å². The van der Waals surface area contributed by atoms with E-state index in [0.717, 1.165) is 16.3 Å². The van der Waals surface area contributed by atoms with Crippen molar-refractivity contribution in [1.29, 1.82) is 0 Å². The fraction of sp³-hybridized carbons (Fsp3) is 0.0909. The lowest BCUT2D eigenvalue weighted by molar-refractivity contribution is -0.152. The van der Waals surface area contributed by atoms with Crippen LogP contribution in [0.4, 0.5) is 0 Å². The summed E-state index contributed by atoms with van der Waals surface area (Å²) in [6, 6.07) is 19.9. The lowest BCUT2D eigenvalue weighted by atomic mass is 9.61. The third-order valence-electron chi connectivity index (χ3n) is 5.14. The minimum Gasteiger partial charge on any atom is -0.481 e. The number of carbonyl (C=O) groups is 2. The number of carboxylic acids is 2. The summed E-state index contributed by atoms with van der Waals surface area (Å²) in [7, 11) is 0. The van der Waals surface area contributed by atoms with E-state index in [2.05, 4.69) is 0 Å². The summed E-state index contributed by atoms with van der Waals surface area (Å²) in [6.07, 6.45) is 3.18. The SMILES string of the molecule is O=C(O)C1C=Cc2ccccc2C1(C(=O)O)c1cccc2ccccc12. The van der Waals surface area contributed by atoms with Gasteiger partial charge < -0.3 is 10.2 Å². The highest BCUT2D eigenvalue weighted by molar-refractivity contribution is 6.01. The molecule has 0 fully saturated rings. The topological polar surface area (TPSA) is 74.6 Å². The van der Waals surface area contributed by atoms with Crippen molar-refractivity contribution in [3.63, 3.8) is 0 Å². The molecule has 0 spiro atoms. The molecule has 0 saturated heterocycles. The zero-order valence-electron chi connectivity index (χ0n) is 13.8. The second-order valence-corrected chi connectivity index (χ2v) is 6.40. The summed E-state index contributed by atoms with van der Waals surface area (Å²) >= 11 is 0. The zero-order chi connectivity index (χ0) is 18.3. The molecule has 0 bridgehead atoms. The van der Waals surface area contributed by atoms with Gasteiger partial charge in [-0.25, -0.2) is 0 Å². The number of aliphatic carboxylic acids is 2. The standard InChI is InChI=1S/C22H16O4/c23-20(24)19-13-12-15-7-2-4-10-17(15)22(19,21(25)26)18-11-5-8-14-6-1-3-9-16(14)18/h1-13,19H,(H,23,24)(H,25,26). The summed E-state index contributed by atoms with van der Waals surface area (Å²) in [5, 5.41) is 21.9. The molecule has 0 amide bonds. The summed E-state index contributed by atoms with van der Waals surface area (Å²) in [4.78, 5) is 24.8. The van der Waals surface area contributed by atoms with Gasteiger partial charge in [-0.2, -0.15) is 0 Å². The lowest BCUT2D eigenvalue weighted by Crippen LogP contribution is -2.48. The quantitative estimate of drug-likeness (QED) is 0.755. The number of rotatable bonds is 3. The van der Waals surface area contributed by atoms with Crippen molar-refractivity contribution < 1.29 is 19.8 Å². The minimum atomic E-state index is -1.70. The second kappa shape index (κ2) is 5.85. The van der Waals surface area contributed by atoms with E-state index >= 15 is 0 Å². The van der Waals surface area contributed by atoms with Crippen LogP contribution in [0.5, 0.6) is 0 Å². The summed E-state index contributed by atoms with van der Waals surface area (Å²) in [5.41, 5.74) is 0.0179. The predicted molar refractivity (Wildman–Crippen MR) is 99.0 cm³/mol. The van der Waals surface area contributed by atoms with Crippen LogP contribution in [-0.4, -0.2) is 22.2 Å². The molecule has 0 heterocycles. The van der Waals surface area contributed by atoms with Gasteiger partial charge in [-0.05, 0) is 27.5 Å². The van der Waals surface area contributed by atoms with E-state index in [0.29, 0.717) is 11.1 Å². The largest absolute Gasteiger partial charge is 0.481 e. The van der Waals surface area contributed by atoms with Crippen molar-refractivity contribution in [2.45, 2.75) is 5.41 Å². The Morgan fingerprint density at radius 2 is 1.46 bits per heavy atom. The van der Waals surface area contributed by atoms with Crippen molar-refractivity contribution in [1.82, 2.24) is 0 Å². The first-order chi connectivity index (χ1) is 12.6. The van der Waals surface area contributed by atoms with Crippen molar-refractivity contribution in [3.05, 3.63) is 89.5 Å². The summed E-state index contributed by atoms with van der Waals surface area (Å²) < 4.78 is 0. The van der Waals surface area contributed by atoms with Crippen LogP contribution in [0.2, 0.25) is 0 Å². The Morgan fingerprint density at radius 1 is 0.808 bits per heavy atom. The van der Waals surface area contributed by atoms with Crippen molar-refractivity contribution in [2.24, 2.45) is 5.92 Å². The van der Waals surface area contributed by atoms with Gasteiger partial charge in [-0.15, -0.1) is 0 Å². The lowest BCUT2D eigenvalue weighted by Gasteiger charge is -2.38. The van der Waals surface area contributed by atoms with E-state index < -0.39 is 23.3 Å². The first kappa shape index (κ1) is 16.1. The first-order valence-electron chi connectivity index (χ1n) is 8.29. The maximum Gasteiger partial charge on any atom is 0.319 e. The van der Waals surface area contributed by atoms with Gasteiger partial charge in [0.15, 0.2) is 0 Å². The van der Waals surface area contributed by atoms with Gasteiger partial charge in [0.1, 0.15) is 5.41 Å². The molecule has 2 unspecified atom stereocenters. The molecular weight excluding hydrogens is 328 g/mol. The van der Waals surface area contributed by atoms with Gasteiger partial charge in [0.25, 0.3) is 0 Å². The van der Waals surface area contributed by atoms with Gasteiger partial charge in [-0.1, -0.05) is 78.9 Å². The molecule has 0 aromatic heterocycles. The molecule has 1 aliphatic carbocycles. The molecule has 0 radical (unpaired) electrons. The molecule has 128 valence electrons. The Hall–Kier alpha value is -3.40. The van der Waals surface area contributed by atoms with Crippen LogP contribution < -0.4 is 0 Å². The fourth-order valence-electron chi connectivity index (χ4n) is 4.03. The Morgan fingerprint density at radius 3 is 2.23 bits per heavy atom. The third-order valence-corrected chi connectivity index (χ3v) is 5.14. The summed E-state index contributed by atoms with van der Waals surface area (Å²) in [5.74, 6) is -3.54. The van der Waals surface area contributed by atoms with E-state index in [9.17, 15) is 19.8 Å². The van der Waals surface area contributed by atoms with E-state index in [1.54, 1.807) is 30.3 Å². The first-order valence-corrected chi connectivity index (χ1v) is 8.29. The smallest absolute Gasteiger partial charge is 0.319 e. The zero-order valence-corrected chi connectivity index (χ0v) is 13.8. The normalized spacial score (nSPS) is 21.3. The second-order valence-electron chi connectivity index (χ2n) is 6.40. The Balaban J connectivity index is 2.18. The predicted octanol–water partition coefficient (Wildman–Crippen LogP) is 3.94. The fourth-order valence-corrected chi connectivity index (χ4v) is 4.03. The van der Waals surface area contributed by atoms with Crippen LogP contribution in [0.25, 0.3) is 16.8 Å². The van der Waals surface area contributed by atoms with E-state index in [4.69, 9.17) is 0 Å². The van der Waals surface area contributed by atoms with Gasteiger partial charge >= 0.3 is 11.9 Å². The van der Waals surface area contributed by atoms with E-state index in [-0.39, 0.29) is 0 Å². The maximum absolute atomic E-state index is 12.7. The molecule has 1 aliphatic rings. The van der Waals surface area contributed by atoms with Crippen LogP contribution in [-0.2, 0) is 15.0 Å². The Labute approximate surface area is 150 Å². The van der Waals surface area contributed by atoms with Crippen molar-refractivity contribution >= 4 is 28.8 Å². The maximum atomic E-state index is 12.7. The monoisotopic (exact) mass is 344 g/mol. The highest BCUT2D eigenvalue weighted by Gasteiger charge is 2.54. The van der Waals surface area contributed by atoms with Gasteiger partial charge in [-0.3, -0.25) is 9.59 Å². The number of carboxylic acid groups (broad SMARTS) is 2. The molecule has 4 nitrogen and oxygen atoms in total.